The summed E-state index contributed by atoms with van der Waals surface area (Å²) in [6.07, 6.45) is 2.00. The Labute approximate surface area is 101 Å². The van der Waals surface area contributed by atoms with Crippen LogP contribution in [0.1, 0.15) is 40.0 Å². The van der Waals surface area contributed by atoms with E-state index in [-0.39, 0.29) is 22.9 Å². The second kappa shape index (κ2) is 9.51. The van der Waals surface area contributed by atoms with Crippen LogP contribution in [0.3, 0.4) is 0 Å². The highest BCUT2D eigenvalue weighted by atomic mass is 32.2. The second-order valence-corrected chi connectivity index (χ2v) is 4.46. The normalized spacial score (nSPS) is 11.9. The fourth-order valence-corrected chi connectivity index (χ4v) is 2.25. The molecule has 0 fully saturated rings. The van der Waals surface area contributed by atoms with Crippen molar-refractivity contribution < 1.29 is 19.1 Å². The molecule has 0 aliphatic carbocycles. The van der Waals surface area contributed by atoms with E-state index < -0.39 is 0 Å². The molecule has 0 bridgehead atoms. The third kappa shape index (κ3) is 7.56. The molecule has 0 aromatic rings. The highest BCUT2D eigenvalue weighted by molar-refractivity contribution is 8.13. The van der Waals surface area contributed by atoms with Gasteiger partial charge in [0.1, 0.15) is 0 Å². The highest BCUT2D eigenvalue weighted by Crippen LogP contribution is 2.22. The molecule has 0 N–H and O–H groups in total. The van der Waals surface area contributed by atoms with Crippen LogP contribution >= 0.6 is 11.8 Å². The van der Waals surface area contributed by atoms with Gasteiger partial charge in [-0.05, 0) is 32.0 Å². The van der Waals surface area contributed by atoms with Crippen LogP contribution in [0, 0.1) is 0 Å². The molecule has 0 radical (unpaired) electrons. The average molecular weight is 248 g/mol. The van der Waals surface area contributed by atoms with Gasteiger partial charge in [-0.1, -0.05) is 13.3 Å². The van der Waals surface area contributed by atoms with Gasteiger partial charge in [0.2, 0.25) is 0 Å². The van der Waals surface area contributed by atoms with Crippen LogP contribution in [0.4, 0.5) is 4.79 Å². The predicted octanol–water partition coefficient (Wildman–Crippen LogP) is 3.00. The van der Waals surface area contributed by atoms with E-state index in [2.05, 4.69) is 0 Å². The zero-order chi connectivity index (χ0) is 12.4. The summed E-state index contributed by atoms with van der Waals surface area (Å²) in [6, 6.07) is 0. The SMILES string of the molecule is CCCC(CC(=O)OCC)SC(=O)OCC. The molecule has 0 aliphatic rings. The lowest BCUT2D eigenvalue weighted by Gasteiger charge is -2.13. The maximum Gasteiger partial charge on any atom is 0.367 e. The molecule has 1 unspecified atom stereocenters. The lowest BCUT2D eigenvalue weighted by atomic mass is 10.2. The lowest BCUT2D eigenvalue weighted by Crippen LogP contribution is -2.15. The molecule has 0 spiro atoms. The molecule has 0 aromatic heterocycles. The van der Waals surface area contributed by atoms with Crippen molar-refractivity contribution in [1.82, 2.24) is 0 Å². The van der Waals surface area contributed by atoms with Crippen molar-refractivity contribution in [3.05, 3.63) is 0 Å². The number of ether oxygens (including phenoxy) is 2. The monoisotopic (exact) mass is 248 g/mol. The molecule has 0 aromatic carbocycles. The summed E-state index contributed by atoms with van der Waals surface area (Å²) in [5.74, 6) is -0.252. The molecular formula is C11H20O4S. The Balaban J connectivity index is 4.05. The van der Waals surface area contributed by atoms with Crippen molar-refractivity contribution in [3.63, 3.8) is 0 Å². The third-order valence-electron chi connectivity index (χ3n) is 1.84. The van der Waals surface area contributed by atoms with Crippen LogP contribution in [0.25, 0.3) is 0 Å². The van der Waals surface area contributed by atoms with E-state index in [1.807, 2.05) is 6.92 Å². The molecule has 0 saturated heterocycles. The zero-order valence-corrected chi connectivity index (χ0v) is 11.0. The van der Waals surface area contributed by atoms with Crippen molar-refractivity contribution >= 4 is 23.0 Å². The van der Waals surface area contributed by atoms with Crippen molar-refractivity contribution in [2.75, 3.05) is 13.2 Å². The summed E-state index contributed by atoms with van der Waals surface area (Å²) in [6.45, 7) is 6.29. The molecule has 4 nitrogen and oxygen atoms in total. The number of rotatable bonds is 7. The first-order chi connectivity index (χ1) is 7.63. The molecule has 0 aliphatic heterocycles. The second-order valence-electron chi connectivity index (χ2n) is 3.22. The van der Waals surface area contributed by atoms with Crippen molar-refractivity contribution in [3.8, 4) is 0 Å². The van der Waals surface area contributed by atoms with E-state index in [0.717, 1.165) is 24.6 Å². The quantitative estimate of drug-likeness (QED) is 0.648. The molecular weight excluding hydrogens is 228 g/mol. The Hall–Kier alpha value is -0.710. The van der Waals surface area contributed by atoms with E-state index in [1.165, 1.54) is 0 Å². The minimum absolute atomic E-state index is 0.0388. The first-order valence-corrected chi connectivity index (χ1v) is 6.50. The first-order valence-electron chi connectivity index (χ1n) is 5.63. The Kier molecular flexibility index (Phi) is 9.09. The highest BCUT2D eigenvalue weighted by Gasteiger charge is 2.19. The van der Waals surface area contributed by atoms with Crippen molar-refractivity contribution in [2.24, 2.45) is 0 Å². The molecule has 94 valence electrons. The smallest absolute Gasteiger partial charge is 0.367 e. The van der Waals surface area contributed by atoms with E-state index in [1.54, 1.807) is 13.8 Å². The Bertz CT molecular complexity index is 198. The van der Waals surface area contributed by atoms with Gasteiger partial charge >= 0.3 is 11.3 Å². The Morgan fingerprint density at radius 2 is 1.75 bits per heavy atom. The number of hydrogen-bond donors (Lipinski definition) is 0. The number of esters is 1. The van der Waals surface area contributed by atoms with Gasteiger partial charge < -0.3 is 9.47 Å². The maximum absolute atomic E-state index is 11.3. The Morgan fingerprint density at radius 3 is 2.25 bits per heavy atom. The van der Waals surface area contributed by atoms with Gasteiger partial charge in [-0.15, -0.1) is 0 Å². The van der Waals surface area contributed by atoms with E-state index in [9.17, 15) is 9.59 Å². The van der Waals surface area contributed by atoms with Crippen LogP contribution in [-0.2, 0) is 14.3 Å². The number of carbonyl (C=O) groups is 2. The maximum atomic E-state index is 11.3. The first kappa shape index (κ1) is 15.3. The minimum atomic E-state index is -0.315. The van der Waals surface area contributed by atoms with E-state index >= 15 is 0 Å². The summed E-state index contributed by atoms with van der Waals surface area (Å²) in [5.41, 5.74) is 0. The van der Waals surface area contributed by atoms with Gasteiger partial charge in [-0.2, -0.15) is 0 Å². The third-order valence-corrected chi connectivity index (χ3v) is 2.88. The Morgan fingerprint density at radius 1 is 1.12 bits per heavy atom. The summed E-state index contributed by atoms with van der Waals surface area (Å²) in [5, 5.41) is -0.353. The fourth-order valence-electron chi connectivity index (χ4n) is 1.22. The molecule has 0 heterocycles. The van der Waals surface area contributed by atoms with E-state index in [4.69, 9.17) is 9.47 Å². The van der Waals surface area contributed by atoms with Crippen molar-refractivity contribution in [2.45, 2.75) is 45.3 Å². The minimum Gasteiger partial charge on any atom is -0.466 e. The van der Waals surface area contributed by atoms with Gasteiger partial charge in [0.25, 0.3) is 0 Å². The molecule has 0 rings (SSSR count). The molecule has 0 amide bonds. The van der Waals surface area contributed by atoms with Gasteiger partial charge in [0.05, 0.1) is 19.6 Å². The van der Waals surface area contributed by atoms with Crippen LogP contribution in [0.15, 0.2) is 0 Å². The predicted molar refractivity (Wildman–Crippen MR) is 64.6 cm³/mol. The molecule has 1 atom stereocenters. The van der Waals surface area contributed by atoms with Crippen LogP contribution < -0.4 is 0 Å². The van der Waals surface area contributed by atoms with Gasteiger partial charge in [0.15, 0.2) is 0 Å². The zero-order valence-electron chi connectivity index (χ0n) is 10.2. The average Bonchev–Trinajstić information content (AvgIpc) is 2.18. The van der Waals surface area contributed by atoms with E-state index in [0.29, 0.717) is 13.2 Å². The molecule has 16 heavy (non-hydrogen) atoms. The molecule has 5 heteroatoms. The molecule has 0 saturated carbocycles. The van der Waals surface area contributed by atoms with Crippen molar-refractivity contribution in [1.29, 1.82) is 0 Å². The van der Waals surface area contributed by atoms with Gasteiger partial charge in [-0.3, -0.25) is 4.79 Å². The van der Waals surface area contributed by atoms with Gasteiger partial charge in [-0.25, -0.2) is 4.79 Å². The largest absolute Gasteiger partial charge is 0.466 e. The summed E-state index contributed by atoms with van der Waals surface area (Å²) in [4.78, 5) is 22.5. The topological polar surface area (TPSA) is 52.6 Å². The lowest BCUT2D eigenvalue weighted by molar-refractivity contribution is -0.143. The number of carbonyl (C=O) groups excluding carboxylic acids is 2. The van der Waals surface area contributed by atoms with Gasteiger partial charge in [0, 0.05) is 5.25 Å². The number of thioether (sulfide) groups is 1. The summed E-state index contributed by atoms with van der Waals surface area (Å²) in [7, 11) is 0. The van der Waals surface area contributed by atoms with Crippen LogP contribution in [0.2, 0.25) is 0 Å². The fraction of sp³-hybridized carbons (Fsp3) is 0.818. The van der Waals surface area contributed by atoms with Crippen LogP contribution in [-0.4, -0.2) is 29.7 Å². The summed E-state index contributed by atoms with van der Waals surface area (Å²) >= 11 is 1.09. The van der Waals surface area contributed by atoms with Crippen LogP contribution in [0.5, 0.6) is 0 Å². The number of hydrogen-bond acceptors (Lipinski definition) is 5. The summed E-state index contributed by atoms with van der Waals surface area (Å²) < 4.78 is 9.69. The standard InChI is InChI=1S/C11H20O4S/c1-4-7-9(8-10(12)14-5-2)16-11(13)15-6-3/h9H,4-8H2,1-3H3.